The maximum Gasteiger partial charge on any atom is 0.276 e. The highest BCUT2D eigenvalue weighted by atomic mass is 32.1. The minimum absolute atomic E-state index is 0.00975. The lowest BCUT2D eigenvalue weighted by Crippen LogP contribution is -2.57. The van der Waals surface area contributed by atoms with Gasteiger partial charge in [0.2, 0.25) is 23.6 Å². The van der Waals surface area contributed by atoms with Gasteiger partial charge in [-0.3, -0.25) is 33.8 Å². The summed E-state index contributed by atoms with van der Waals surface area (Å²) in [5, 5.41) is 30.8. The van der Waals surface area contributed by atoms with Crippen LogP contribution in [0, 0.1) is 29.6 Å². The third kappa shape index (κ3) is 12.3. The van der Waals surface area contributed by atoms with Crippen LogP contribution in [-0.4, -0.2) is 153 Å². The molecule has 9 rings (SSSR count). The monoisotopic (exact) mass is 1080 g/mol. The van der Waals surface area contributed by atoms with Crippen molar-refractivity contribution in [3.63, 3.8) is 0 Å². The van der Waals surface area contributed by atoms with Crippen molar-refractivity contribution in [3.05, 3.63) is 106 Å². The number of alkyl halides is 2. The smallest absolute Gasteiger partial charge is 0.276 e. The SMILES string of the molecule is Cc1ncsc1-c1ccc(CNC(=O)[C@@H]2C[C@@H](O)CN2C(=O)C(NC(=O)CCOCCOCCOCCC(=O)N2CC(C(c3ccccc3)n3cc(NC(=O)c4n[nH]c5c4C[C@@H]4C(F)(F)[C@]4(C)C5)cn3)C2)C(C)(C)C)cc1. The van der Waals surface area contributed by atoms with Crippen LogP contribution in [0.5, 0.6) is 0 Å². The van der Waals surface area contributed by atoms with Crippen molar-refractivity contribution in [1.29, 1.82) is 0 Å². The van der Waals surface area contributed by atoms with Crippen molar-refractivity contribution in [1.82, 2.24) is 45.4 Å². The molecule has 1 saturated carbocycles. The second-order valence-corrected chi connectivity index (χ2v) is 22.7. The van der Waals surface area contributed by atoms with Gasteiger partial charge in [0.1, 0.15) is 12.1 Å². The maximum absolute atomic E-state index is 14.5. The summed E-state index contributed by atoms with van der Waals surface area (Å²) in [4.78, 5) is 75.6. The Bertz CT molecular complexity index is 2900. The number of aliphatic hydroxyl groups is 1. The summed E-state index contributed by atoms with van der Waals surface area (Å²) in [6.45, 7) is 11.6. The fourth-order valence-corrected chi connectivity index (χ4v) is 11.6. The Morgan fingerprint density at radius 2 is 1.62 bits per heavy atom. The Labute approximate surface area is 449 Å². The van der Waals surface area contributed by atoms with E-state index in [0.29, 0.717) is 30.0 Å². The average molecular weight is 1080 g/mol. The van der Waals surface area contributed by atoms with E-state index in [2.05, 4.69) is 36.2 Å². The number of hydrogen-bond acceptors (Lipinski definition) is 13. The average Bonchev–Trinajstić information content (AvgIpc) is 4.33. The van der Waals surface area contributed by atoms with E-state index < -0.39 is 58.6 Å². The first kappa shape index (κ1) is 55.3. The molecule has 0 spiro atoms. The Morgan fingerprint density at radius 3 is 2.30 bits per heavy atom. The van der Waals surface area contributed by atoms with Crippen molar-refractivity contribution in [2.24, 2.45) is 22.7 Å². The van der Waals surface area contributed by atoms with Crippen LogP contribution >= 0.6 is 11.3 Å². The minimum Gasteiger partial charge on any atom is -0.391 e. The number of amides is 5. The molecule has 19 nitrogen and oxygen atoms in total. The number of halogens is 2. The zero-order valence-corrected chi connectivity index (χ0v) is 44.9. The lowest BCUT2D eigenvalue weighted by Gasteiger charge is -2.43. The highest BCUT2D eigenvalue weighted by molar-refractivity contribution is 7.13. The Kier molecular flexibility index (Phi) is 16.7. The second kappa shape index (κ2) is 23.2. The number of nitrogens with zero attached hydrogens (tertiary/aromatic N) is 6. The van der Waals surface area contributed by atoms with E-state index in [0.717, 1.165) is 27.3 Å². The predicted octanol–water partition coefficient (Wildman–Crippen LogP) is 5.35. The molecule has 2 saturated heterocycles. The maximum atomic E-state index is 14.5. The number of aromatic amines is 1. The molecule has 3 aromatic heterocycles. The zero-order chi connectivity index (χ0) is 54.6. The number of benzene rings is 2. The number of aliphatic hydroxyl groups excluding tert-OH is 1. The number of nitrogens with one attached hydrogen (secondary N) is 4. The molecule has 2 aliphatic carbocycles. The number of carbonyl (C=O) groups excluding carboxylic acids is 5. The number of ether oxygens (including phenoxy) is 3. The van der Waals surface area contributed by atoms with Gasteiger partial charge in [0.25, 0.3) is 11.8 Å². The number of anilines is 1. The van der Waals surface area contributed by atoms with Gasteiger partial charge < -0.3 is 45.1 Å². The quantitative estimate of drug-likeness (QED) is 0.0522. The van der Waals surface area contributed by atoms with E-state index in [1.807, 2.05) is 82.3 Å². The number of hydrogen-bond donors (Lipinski definition) is 5. The van der Waals surface area contributed by atoms with Gasteiger partial charge in [-0.05, 0) is 35.4 Å². The summed E-state index contributed by atoms with van der Waals surface area (Å²) in [5.74, 6) is -5.28. The number of carbonyl (C=O) groups is 5. The molecule has 0 radical (unpaired) electrons. The third-order valence-electron chi connectivity index (χ3n) is 15.4. The topological polar surface area (TPSA) is 235 Å². The minimum atomic E-state index is -2.77. The normalized spacial score (nSPS) is 21.4. The van der Waals surface area contributed by atoms with E-state index in [-0.39, 0.29) is 114 Å². The molecule has 2 unspecified atom stereocenters. The molecule has 5 aromatic rings. The van der Waals surface area contributed by atoms with Crippen LogP contribution in [0.1, 0.15) is 91.6 Å². The van der Waals surface area contributed by atoms with Gasteiger partial charge in [-0.25, -0.2) is 13.8 Å². The second-order valence-electron chi connectivity index (χ2n) is 21.9. The fourth-order valence-electron chi connectivity index (χ4n) is 10.8. The van der Waals surface area contributed by atoms with Crippen LogP contribution in [0.2, 0.25) is 0 Å². The fraction of sp³-hybridized carbons (Fsp3) is 0.527. The Hall–Kier alpha value is -6.46. The van der Waals surface area contributed by atoms with Crippen LogP contribution in [0.4, 0.5) is 14.5 Å². The molecule has 77 heavy (non-hydrogen) atoms. The van der Waals surface area contributed by atoms with Gasteiger partial charge >= 0.3 is 0 Å². The summed E-state index contributed by atoms with van der Waals surface area (Å²) in [5.41, 5.74) is 5.54. The molecule has 5 amide bonds. The standard InChI is InChI=1S/C55H68F2N10O9S/c1-33-48(77-32-59-33)36-13-11-34(12-14-36)26-58-50(71)42-23-39(68)31-66(42)52(73)49(53(2,3)4)62-44(69)15-17-74-19-21-76-22-20-75-18-16-45(70)65-28-37(29-65)47(35-9-7-6-8-10-35)67-30-38(27-60-67)61-51(72)46-40-24-43-54(5,55(43,56)57)25-41(40)63-64-46/h6-14,27,30,32,37,39,42-43,47,49,68H,15-26,28-29,31H2,1-5H3,(H,58,71)(H,61,72)(H,62,69)(H,63,64)/t39-,42+,43+,47?,49?,54-/m1/s1. The largest absolute Gasteiger partial charge is 0.391 e. The zero-order valence-electron chi connectivity index (χ0n) is 44.1. The van der Waals surface area contributed by atoms with E-state index in [1.165, 1.54) is 4.90 Å². The van der Waals surface area contributed by atoms with E-state index in [9.17, 15) is 37.9 Å². The summed E-state index contributed by atoms with van der Waals surface area (Å²) in [6.07, 6.45) is 2.91. The Morgan fingerprint density at radius 1 is 0.935 bits per heavy atom. The molecule has 2 aliphatic heterocycles. The number of thiazole rings is 1. The predicted molar refractivity (Wildman–Crippen MR) is 281 cm³/mol. The number of fused-ring (bicyclic) bond motifs is 2. The molecule has 3 fully saturated rings. The first-order chi connectivity index (χ1) is 36.8. The van der Waals surface area contributed by atoms with Crippen LogP contribution < -0.4 is 16.0 Å². The van der Waals surface area contributed by atoms with Crippen LogP contribution in [0.3, 0.4) is 0 Å². The first-order valence-electron chi connectivity index (χ1n) is 26.2. The van der Waals surface area contributed by atoms with Gasteiger partial charge in [0, 0.05) is 80.1 Å². The third-order valence-corrected chi connectivity index (χ3v) is 16.4. The Balaban J connectivity index is 0.639. The number of β-amino-alcohol motifs (C(OH)–C–C–N with tert-alkyl or cyclic N) is 1. The van der Waals surface area contributed by atoms with Crippen molar-refractivity contribution < 1.29 is 52.1 Å². The molecular formula is C55H68F2N10O9S. The van der Waals surface area contributed by atoms with Gasteiger partial charge in [-0.2, -0.15) is 10.2 Å². The number of likely N-dealkylation sites (tertiary alicyclic amines) is 2. The van der Waals surface area contributed by atoms with E-state index in [1.54, 1.807) is 45.7 Å². The lowest BCUT2D eigenvalue weighted by atomic mass is 9.85. The van der Waals surface area contributed by atoms with Gasteiger partial charge in [-0.15, -0.1) is 11.3 Å². The summed E-state index contributed by atoms with van der Waals surface area (Å²) >= 11 is 1.56. The molecule has 412 valence electrons. The first-order valence-corrected chi connectivity index (χ1v) is 27.1. The van der Waals surface area contributed by atoms with Crippen molar-refractivity contribution in [3.8, 4) is 10.4 Å². The molecule has 5 N–H and O–H groups in total. The number of aryl methyl sites for hydroxylation is 1. The van der Waals surface area contributed by atoms with Crippen molar-refractivity contribution in [2.45, 2.75) is 103 Å². The molecule has 0 bridgehead atoms. The molecule has 6 atom stereocenters. The summed E-state index contributed by atoms with van der Waals surface area (Å²) in [7, 11) is 0. The number of H-pyrrole nitrogens is 1. The lowest BCUT2D eigenvalue weighted by molar-refractivity contribution is -0.144. The highest BCUT2D eigenvalue weighted by Gasteiger charge is 2.78. The number of aromatic nitrogens is 5. The molecule has 2 aromatic carbocycles. The van der Waals surface area contributed by atoms with Crippen LogP contribution in [0.15, 0.2) is 72.5 Å². The molecule has 22 heteroatoms. The summed E-state index contributed by atoms with van der Waals surface area (Å²) in [6, 6.07) is 15.6. The highest BCUT2D eigenvalue weighted by Crippen LogP contribution is 2.70. The molecule has 4 aliphatic rings. The molecule has 5 heterocycles. The summed E-state index contributed by atoms with van der Waals surface area (Å²) < 4.78 is 47.7. The van der Waals surface area contributed by atoms with Gasteiger partial charge in [0.05, 0.1) is 86.2 Å². The van der Waals surface area contributed by atoms with Crippen molar-refractivity contribution in [2.75, 3.05) is 64.6 Å². The van der Waals surface area contributed by atoms with Gasteiger partial charge in [-0.1, -0.05) is 82.3 Å². The van der Waals surface area contributed by atoms with Gasteiger partial charge in [0.15, 0.2) is 5.69 Å². The van der Waals surface area contributed by atoms with E-state index >= 15 is 0 Å². The van der Waals surface area contributed by atoms with Crippen molar-refractivity contribution >= 4 is 46.6 Å². The van der Waals surface area contributed by atoms with E-state index in [4.69, 9.17) is 14.2 Å². The van der Waals surface area contributed by atoms with Crippen LogP contribution in [0.25, 0.3) is 10.4 Å². The van der Waals surface area contributed by atoms with Crippen LogP contribution in [-0.2, 0) is 52.8 Å². The molecular weight excluding hydrogens is 1010 g/mol. The number of rotatable bonds is 23.